The molecule has 0 spiro atoms. The zero-order chi connectivity index (χ0) is 14.9. The smallest absolute Gasteiger partial charge is 0.149 e. The Morgan fingerprint density at radius 1 is 0.800 bits per heavy atom. The summed E-state index contributed by atoms with van der Waals surface area (Å²) in [5.41, 5.74) is 0. The van der Waals surface area contributed by atoms with Crippen LogP contribution in [0.25, 0.3) is 0 Å². The maximum Gasteiger partial charge on any atom is 0.149 e. The van der Waals surface area contributed by atoms with E-state index in [4.69, 9.17) is 10.2 Å². The molecule has 0 saturated carbocycles. The lowest BCUT2D eigenvalue weighted by molar-refractivity contribution is 0.377. The molecule has 0 aromatic carbocycles. The number of rotatable bonds is 12. The Morgan fingerprint density at radius 2 is 1.40 bits per heavy atom. The molecule has 2 N–H and O–H groups in total. The molecule has 0 aliphatic heterocycles. The second kappa shape index (κ2) is 15.6. The molecule has 20 heavy (non-hydrogen) atoms. The zero-order valence-electron chi connectivity index (χ0n) is 12.8. The van der Waals surface area contributed by atoms with Crippen LogP contribution >= 0.6 is 0 Å². The van der Waals surface area contributed by atoms with Gasteiger partial charge in [0.1, 0.15) is 12.0 Å². The van der Waals surface area contributed by atoms with E-state index in [1.165, 1.54) is 57.4 Å². The molecule has 2 nitrogen and oxygen atoms in total. The van der Waals surface area contributed by atoms with Crippen molar-refractivity contribution in [3.05, 3.63) is 48.5 Å². The van der Waals surface area contributed by atoms with Gasteiger partial charge in [-0.1, -0.05) is 82.2 Å². The highest BCUT2D eigenvalue weighted by Gasteiger charge is 1.89. The van der Waals surface area contributed by atoms with E-state index in [-0.39, 0.29) is 5.76 Å². The fourth-order valence-electron chi connectivity index (χ4n) is 1.90. The van der Waals surface area contributed by atoms with Crippen molar-refractivity contribution in [2.24, 2.45) is 0 Å². The Hall–Kier alpha value is -1.44. The Balaban J connectivity index is 3.36. The van der Waals surface area contributed by atoms with Gasteiger partial charge in [-0.05, 0) is 18.9 Å². The fourth-order valence-corrected chi connectivity index (χ4v) is 1.90. The monoisotopic (exact) mass is 278 g/mol. The number of hydrogen-bond acceptors (Lipinski definition) is 2. The summed E-state index contributed by atoms with van der Waals surface area (Å²) in [7, 11) is 0. The fraction of sp³-hybridized carbons (Fsp3) is 0.556. The molecule has 0 amide bonds. The lowest BCUT2D eigenvalue weighted by Gasteiger charge is -1.99. The van der Waals surface area contributed by atoms with E-state index in [9.17, 15) is 0 Å². The van der Waals surface area contributed by atoms with Crippen LogP contribution in [0.2, 0.25) is 0 Å². The number of aliphatic hydroxyl groups excluding tert-OH is 2. The summed E-state index contributed by atoms with van der Waals surface area (Å²) >= 11 is 0. The molecule has 0 saturated heterocycles. The largest absolute Gasteiger partial charge is 0.512 e. The van der Waals surface area contributed by atoms with Gasteiger partial charge in [0, 0.05) is 0 Å². The molecule has 0 aliphatic carbocycles. The maximum atomic E-state index is 8.92. The van der Waals surface area contributed by atoms with Crippen molar-refractivity contribution in [1.29, 1.82) is 0 Å². The van der Waals surface area contributed by atoms with Gasteiger partial charge in [0.15, 0.2) is 0 Å². The summed E-state index contributed by atoms with van der Waals surface area (Å²) in [5, 5.41) is 17.4. The van der Waals surface area contributed by atoms with Gasteiger partial charge >= 0.3 is 0 Å². The molecular weight excluding hydrogens is 248 g/mol. The highest BCUT2D eigenvalue weighted by Crippen LogP contribution is 2.09. The normalized spacial score (nSPS) is 13.2. The van der Waals surface area contributed by atoms with E-state index in [1.54, 1.807) is 6.08 Å². The van der Waals surface area contributed by atoms with Gasteiger partial charge in [0.2, 0.25) is 0 Å². The van der Waals surface area contributed by atoms with Crippen LogP contribution in [0.5, 0.6) is 0 Å². The number of allylic oxidation sites excluding steroid dienone is 6. The topological polar surface area (TPSA) is 40.5 Å². The number of aliphatic hydroxyl groups is 2. The first-order chi connectivity index (χ1) is 9.81. The van der Waals surface area contributed by atoms with Gasteiger partial charge in [-0.25, -0.2) is 0 Å². The second-order valence-corrected chi connectivity index (χ2v) is 4.99. The van der Waals surface area contributed by atoms with Crippen molar-refractivity contribution >= 4 is 0 Å². The van der Waals surface area contributed by atoms with Crippen molar-refractivity contribution < 1.29 is 10.2 Å². The molecule has 0 fully saturated rings. The lowest BCUT2D eigenvalue weighted by Crippen LogP contribution is -1.79. The van der Waals surface area contributed by atoms with E-state index >= 15 is 0 Å². The molecular formula is C18H30O2. The van der Waals surface area contributed by atoms with Crippen molar-refractivity contribution in [3.8, 4) is 0 Å². The Morgan fingerprint density at radius 3 is 2.05 bits per heavy atom. The molecule has 0 heterocycles. The van der Waals surface area contributed by atoms with Gasteiger partial charge in [0.05, 0.1) is 0 Å². The van der Waals surface area contributed by atoms with Crippen LogP contribution in [-0.2, 0) is 0 Å². The summed E-state index contributed by atoms with van der Waals surface area (Å²) in [4.78, 5) is 0. The van der Waals surface area contributed by atoms with Crippen molar-refractivity contribution in [2.45, 2.75) is 64.7 Å². The number of hydrogen-bond donors (Lipinski definition) is 2. The summed E-state index contributed by atoms with van der Waals surface area (Å²) in [6.45, 7) is 2.25. The standard InChI is InChI=1S/C18H30O2/c1-2-3-4-5-6-7-8-9-10-11-12-13-14-15-16-18(20)17-19/h11-17,19-20H,2-10H2,1H3. The minimum Gasteiger partial charge on any atom is -0.512 e. The molecule has 0 aliphatic rings. The Labute approximate surface area is 124 Å². The summed E-state index contributed by atoms with van der Waals surface area (Å²) < 4.78 is 0. The lowest BCUT2D eigenvalue weighted by atomic mass is 10.1. The van der Waals surface area contributed by atoms with Crippen LogP contribution in [0.15, 0.2) is 48.5 Å². The van der Waals surface area contributed by atoms with E-state index in [1.807, 2.05) is 18.2 Å². The van der Waals surface area contributed by atoms with Crippen molar-refractivity contribution in [1.82, 2.24) is 0 Å². The van der Waals surface area contributed by atoms with E-state index in [0.29, 0.717) is 6.26 Å². The summed E-state index contributed by atoms with van der Waals surface area (Å²) in [6, 6.07) is 0. The molecule has 0 radical (unpaired) electrons. The minimum absolute atomic E-state index is 0.141. The molecule has 0 rings (SSSR count). The van der Waals surface area contributed by atoms with Gasteiger partial charge < -0.3 is 10.2 Å². The minimum atomic E-state index is -0.141. The summed E-state index contributed by atoms with van der Waals surface area (Å²) in [5.74, 6) is -0.141. The average molecular weight is 278 g/mol. The quantitative estimate of drug-likeness (QED) is 0.255. The molecule has 2 heteroatoms. The molecule has 0 aromatic heterocycles. The van der Waals surface area contributed by atoms with Gasteiger partial charge in [-0.15, -0.1) is 0 Å². The van der Waals surface area contributed by atoms with Crippen LogP contribution in [0.4, 0.5) is 0 Å². The van der Waals surface area contributed by atoms with E-state index in [0.717, 1.165) is 6.42 Å². The van der Waals surface area contributed by atoms with Gasteiger partial charge in [-0.3, -0.25) is 0 Å². The number of unbranched alkanes of at least 4 members (excludes halogenated alkanes) is 8. The third-order valence-corrected chi connectivity index (χ3v) is 3.09. The third kappa shape index (κ3) is 14.6. The molecule has 114 valence electrons. The van der Waals surface area contributed by atoms with Crippen LogP contribution in [0, 0.1) is 0 Å². The van der Waals surface area contributed by atoms with Crippen molar-refractivity contribution in [2.75, 3.05) is 0 Å². The van der Waals surface area contributed by atoms with E-state index in [2.05, 4.69) is 13.0 Å². The van der Waals surface area contributed by atoms with Crippen LogP contribution < -0.4 is 0 Å². The predicted octanol–water partition coefficient (Wildman–Crippen LogP) is 6.14. The molecule has 0 unspecified atom stereocenters. The second-order valence-electron chi connectivity index (χ2n) is 4.99. The first-order valence-corrected chi connectivity index (χ1v) is 7.84. The zero-order valence-corrected chi connectivity index (χ0v) is 12.8. The molecule has 0 atom stereocenters. The first kappa shape index (κ1) is 18.6. The van der Waals surface area contributed by atoms with Crippen molar-refractivity contribution in [3.63, 3.8) is 0 Å². The van der Waals surface area contributed by atoms with E-state index < -0.39 is 0 Å². The SMILES string of the molecule is CCCCCCCCCCC=CC=CC=CC(O)=CO. The molecule has 0 bridgehead atoms. The predicted molar refractivity (Wildman–Crippen MR) is 88.0 cm³/mol. The molecule has 0 aromatic rings. The summed E-state index contributed by atoms with van der Waals surface area (Å²) in [6.07, 6.45) is 23.7. The average Bonchev–Trinajstić information content (AvgIpc) is 2.47. The van der Waals surface area contributed by atoms with Gasteiger partial charge in [0.25, 0.3) is 0 Å². The van der Waals surface area contributed by atoms with Crippen LogP contribution in [0.1, 0.15) is 64.7 Å². The van der Waals surface area contributed by atoms with Crippen LogP contribution in [0.3, 0.4) is 0 Å². The highest BCUT2D eigenvalue weighted by atomic mass is 16.3. The maximum absolute atomic E-state index is 8.92. The first-order valence-electron chi connectivity index (χ1n) is 7.84. The Kier molecular flexibility index (Phi) is 14.5. The Bertz CT molecular complexity index is 311. The van der Waals surface area contributed by atoms with Crippen LogP contribution in [-0.4, -0.2) is 10.2 Å². The third-order valence-electron chi connectivity index (χ3n) is 3.09. The highest BCUT2D eigenvalue weighted by molar-refractivity contribution is 5.17. The van der Waals surface area contributed by atoms with Gasteiger partial charge in [-0.2, -0.15) is 0 Å².